The Morgan fingerprint density at radius 1 is 1.33 bits per heavy atom. The van der Waals surface area contributed by atoms with Crippen LogP contribution in [0.5, 0.6) is 0 Å². The summed E-state index contributed by atoms with van der Waals surface area (Å²) < 4.78 is 0. The number of anilines is 1. The average molecular weight is 287 g/mol. The SMILES string of the molecule is Cc1ccc(N)cc1C(=O)N1CCCC2CNCCCC21. The van der Waals surface area contributed by atoms with Gasteiger partial charge >= 0.3 is 0 Å². The molecule has 4 heteroatoms. The number of piperidine rings is 1. The van der Waals surface area contributed by atoms with Crippen LogP contribution >= 0.6 is 0 Å². The van der Waals surface area contributed by atoms with Gasteiger partial charge in [-0.15, -0.1) is 0 Å². The standard InChI is InChI=1S/C17H25N3O/c1-12-6-7-14(18)10-15(12)17(21)20-9-3-4-13-11-19-8-2-5-16(13)20/h6-7,10,13,16,19H,2-5,8-9,11,18H2,1H3. The maximum absolute atomic E-state index is 13.0. The molecule has 2 aliphatic rings. The fourth-order valence-electron chi connectivity index (χ4n) is 3.77. The summed E-state index contributed by atoms with van der Waals surface area (Å²) in [6, 6.07) is 6.03. The van der Waals surface area contributed by atoms with Crippen LogP contribution in [0.4, 0.5) is 5.69 Å². The maximum Gasteiger partial charge on any atom is 0.254 e. The van der Waals surface area contributed by atoms with Gasteiger partial charge < -0.3 is 16.0 Å². The number of hydrogen-bond donors (Lipinski definition) is 2. The minimum absolute atomic E-state index is 0.163. The number of likely N-dealkylation sites (tertiary alicyclic amines) is 1. The van der Waals surface area contributed by atoms with Crippen molar-refractivity contribution < 1.29 is 4.79 Å². The van der Waals surface area contributed by atoms with E-state index in [9.17, 15) is 4.79 Å². The summed E-state index contributed by atoms with van der Waals surface area (Å²) in [6.45, 7) is 4.99. The van der Waals surface area contributed by atoms with Gasteiger partial charge in [-0.2, -0.15) is 0 Å². The van der Waals surface area contributed by atoms with Crippen molar-refractivity contribution in [2.75, 3.05) is 25.4 Å². The van der Waals surface area contributed by atoms with Gasteiger partial charge in [-0.05, 0) is 69.3 Å². The van der Waals surface area contributed by atoms with Gasteiger partial charge in [0.05, 0.1) is 0 Å². The molecule has 0 aliphatic carbocycles. The molecule has 2 unspecified atom stereocenters. The summed E-state index contributed by atoms with van der Waals surface area (Å²) in [4.78, 5) is 15.1. The Bertz CT molecular complexity index is 529. The zero-order chi connectivity index (χ0) is 14.8. The third-order valence-corrected chi connectivity index (χ3v) is 4.93. The predicted molar refractivity (Wildman–Crippen MR) is 85.2 cm³/mol. The number of nitrogens with one attached hydrogen (secondary N) is 1. The first-order chi connectivity index (χ1) is 10.2. The molecule has 2 saturated heterocycles. The number of rotatable bonds is 1. The maximum atomic E-state index is 13.0. The van der Waals surface area contributed by atoms with Gasteiger partial charge in [0, 0.05) is 23.8 Å². The van der Waals surface area contributed by atoms with Crippen LogP contribution in [0.25, 0.3) is 0 Å². The van der Waals surface area contributed by atoms with Crippen molar-refractivity contribution in [1.29, 1.82) is 0 Å². The van der Waals surface area contributed by atoms with Crippen LogP contribution in [-0.2, 0) is 0 Å². The Hall–Kier alpha value is -1.55. The Morgan fingerprint density at radius 3 is 3.05 bits per heavy atom. The van der Waals surface area contributed by atoms with E-state index in [1.165, 1.54) is 6.42 Å². The van der Waals surface area contributed by atoms with Crippen LogP contribution in [0, 0.1) is 12.8 Å². The smallest absolute Gasteiger partial charge is 0.254 e. The lowest BCUT2D eigenvalue weighted by atomic mass is 9.86. The lowest BCUT2D eigenvalue weighted by molar-refractivity contribution is 0.0494. The molecule has 0 radical (unpaired) electrons. The van der Waals surface area contributed by atoms with E-state index in [-0.39, 0.29) is 5.91 Å². The fourth-order valence-corrected chi connectivity index (χ4v) is 3.77. The number of nitrogens with two attached hydrogens (primary N) is 1. The van der Waals surface area contributed by atoms with E-state index in [2.05, 4.69) is 10.2 Å². The second kappa shape index (κ2) is 6.06. The minimum atomic E-state index is 0.163. The number of hydrogen-bond acceptors (Lipinski definition) is 3. The normalized spacial score (nSPS) is 26.0. The summed E-state index contributed by atoms with van der Waals surface area (Å²) in [6.07, 6.45) is 4.61. The van der Waals surface area contributed by atoms with Gasteiger partial charge in [0.1, 0.15) is 0 Å². The molecule has 2 fully saturated rings. The monoisotopic (exact) mass is 287 g/mol. The summed E-state index contributed by atoms with van der Waals surface area (Å²) in [5.41, 5.74) is 8.33. The Labute approximate surface area is 126 Å². The first kappa shape index (κ1) is 14.4. The van der Waals surface area contributed by atoms with Crippen molar-refractivity contribution in [3.05, 3.63) is 29.3 Å². The number of amides is 1. The topological polar surface area (TPSA) is 58.4 Å². The highest BCUT2D eigenvalue weighted by atomic mass is 16.2. The molecule has 0 aromatic heterocycles. The highest BCUT2D eigenvalue weighted by Gasteiger charge is 2.35. The number of nitrogens with zero attached hydrogens (tertiary/aromatic N) is 1. The first-order valence-corrected chi connectivity index (χ1v) is 8.04. The van der Waals surface area contributed by atoms with Gasteiger partial charge in [-0.25, -0.2) is 0 Å². The number of carbonyl (C=O) groups excluding carboxylic acids is 1. The molecule has 4 nitrogen and oxygen atoms in total. The van der Waals surface area contributed by atoms with Gasteiger partial charge in [0.25, 0.3) is 5.91 Å². The first-order valence-electron chi connectivity index (χ1n) is 8.04. The van der Waals surface area contributed by atoms with E-state index in [4.69, 9.17) is 5.73 Å². The van der Waals surface area contributed by atoms with E-state index in [0.717, 1.165) is 50.0 Å². The van der Waals surface area contributed by atoms with Crippen molar-refractivity contribution in [3.8, 4) is 0 Å². The molecule has 2 aliphatic heterocycles. The molecule has 0 bridgehead atoms. The molecular formula is C17H25N3O. The molecule has 1 amide bonds. The molecule has 0 saturated carbocycles. The second-order valence-corrected chi connectivity index (χ2v) is 6.39. The van der Waals surface area contributed by atoms with Crippen molar-refractivity contribution in [1.82, 2.24) is 10.2 Å². The van der Waals surface area contributed by atoms with Gasteiger partial charge in [0.2, 0.25) is 0 Å². The largest absolute Gasteiger partial charge is 0.399 e. The van der Waals surface area contributed by atoms with Gasteiger partial charge in [0.15, 0.2) is 0 Å². The molecule has 114 valence electrons. The van der Waals surface area contributed by atoms with Crippen LogP contribution < -0.4 is 11.1 Å². The van der Waals surface area contributed by atoms with Crippen LogP contribution in [0.2, 0.25) is 0 Å². The van der Waals surface area contributed by atoms with E-state index < -0.39 is 0 Å². The lowest BCUT2D eigenvalue weighted by Gasteiger charge is -2.41. The number of nitrogen functional groups attached to an aromatic ring is 1. The van der Waals surface area contributed by atoms with E-state index in [1.54, 1.807) is 0 Å². The number of carbonyl (C=O) groups is 1. The third-order valence-electron chi connectivity index (χ3n) is 4.93. The summed E-state index contributed by atoms with van der Waals surface area (Å²) in [7, 11) is 0. The van der Waals surface area contributed by atoms with Crippen LogP contribution in [0.15, 0.2) is 18.2 Å². The molecule has 1 aromatic carbocycles. The van der Waals surface area contributed by atoms with Crippen molar-refractivity contribution in [2.24, 2.45) is 5.92 Å². The minimum Gasteiger partial charge on any atom is -0.399 e. The summed E-state index contributed by atoms with van der Waals surface area (Å²) in [5, 5.41) is 3.51. The summed E-state index contributed by atoms with van der Waals surface area (Å²) >= 11 is 0. The number of aryl methyl sites for hydroxylation is 1. The van der Waals surface area contributed by atoms with Crippen molar-refractivity contribution >= 4 is 11.6 Å². The Morgan fingerprint density at radius 2 is 2.19 bits per heavy atom. The molecule has 21 heavy (non-hydrogen) atoms. The van der Waals surface area contributed by atoms with Crippen molar-refractivity contribution in [3.63, 3.8) is 0 Å². The lowest BCUT2D eigenvalue weighted by Crippen LogP contribution is -2.49. The average Bonchev–Trinajstić information content (AvgIpc) is 2.74. The van der Waals surface area contributed by atoms with Crippen LogP contribution in [0.1, 0.15) is 41.6 Å². The van der Waals surface area contributed by atoms with E-state index in [1.807, 2.05) is 25.1 Å². The zero-order valence-electron chi connectivity index (χ0n) is 12.8. The predicted octanol–water partition coefficient (Wildman–Crippen LogP) is 2.18. The molecule has 2 atom stereocenters. The molecule has 0 spiro atoms. The Kier molecular flexibility index (Phi) is 4.15. The van der Waals surface area contributed by atoms with Gasteiger partial charge in [-0.3, -0.25) is 4.79 Å². The third kappa shape index (κ3) is 2.91. The van der Waals surface area contributed by atoms with E-state index >= 15 is 0 Å². The Balaban J connectivity index is 1.86. The fraction of sp³-hybridized carbons (Fsp3) is 0.588. The molecule has 3 rings (SSSR count). The van der Waals surface area contributed by atoms with Crippen LogP contribution in [0.3, 0.4) is 0 Å². The number of fused-ring (bicyclic) bond motifs is 1. The molecule has 2 heterocycles. The zero-order valence-corrected chi connectivity index (χ0v) is 12.8. The van der Waals surface area contributed by atoms with E-state index in [0.29, 0.717) is 17.6 Å². The van der Waals surface area contributed by atoms with Crippen molar-refractivity contribution in [2.45, 2.75) is 38.6 Å². The quantitative estimate of drug-likeness (QED) is 0.778. The van der Waals surface area contributed by atoms with Gasteiger partial charge in [-0.1, -0.05) is 6.07 Å². The summed E-state index contributed by atoms with van der Waals surface area (Å²) in [5.74, 6) is 0.767. The molecule has 3 N–H and O–H groups in total. The second-order valence-electron chi connectivity index (χ2n) is 6.39. The number of benzene rings is 1. The highest BCUT2D eigenvalue weighted by molar-refractivity contribution is 5.96. The molecule has 1 aromatic rings. The highest BCUT2D eigenvalue weighted by Crippen LogP contribution is 2.30. The molecular weight excluding hydrogens is 262 g/mol. The van der Waals surface area contributed by atoms with Crippen LogP contribution in [-0.4, -0.2) is 36.5 Å².